The third-order valence-corrected chi connectivity index (χ3v) is 4.19. The van der Waals surface area contributed by atoms with Gasteiger partial charge in [-0.1, -0.05) is 18.2 Å². The predicted octanol–water partition coefficient (Wildman–Crippen LogP) is 2.43. The number of ether oxygens (including phenoxy) is 1. The highest BCUT2D eigenvalue weighted by atomic mass is 19.4. The highest BCUT2D eigenvalue weighted by molar-refractivity contribution is 5.86. The van der Waals surface area contributed by atoms with Crippen molar-refractivity contribution < 1.29 is 17.9 Å². The summed E-state index contributed by atoms with van der Waals surface area (Å²) in [6.07, 6.45) is -1.60. The zero-order chi connectivity index (χ0) is 22.3. The molecule has 0 amide bonds. The van der Waals surface area contributed by atoms with Gasteiger partial charge < -0.3 is 20.7 Å². The van der Waals surface area contributed by atoms with Crippen LogP contribution in [0.5, 0.6) is 5.75 Å². The molecule has 1 aromatic carbocycles. The normalized spacial score (nSPS) is 12.1. The molecule has 0 aliphatic carbocycles. The van der Waals surface area contributed by atoms with Crippen LogP contribution in [0.2, 0.25) is 0 Å². The number of hydrogen-bond donors (Lipinski definition) is 3. The summed E-state index contributed by atoms with van der Waals surface area (Å²) in [6.45, 7) is 3.55. The summed E-state index contributed by atoms with van der Waals surface area (Å²) in [7, 11) is 1.80. The van der Waals surface area contributed by atoms with Crippen LogP contribution in [0.1, 0.15) is 12.5 Å². The van der Waals surface area contributed by atoms with Gasteiger partial charge in [-0.15, -0.1) is 13.2 Å². The van der Waals surface area contributed by atoms with Gasteiger partial charge in [0.15, 0.2) is 11.6 Å². The van der Waals surface area contributed by atoms with Crippen molar-refractivity contribution in [1.29, 1.82) is 0 Å². The van der Waals surface area contributed by atoms with E-state index in [-0.39, 0.29) is 12.3 Å². The quantitative estimate of drug-likeness (QED) is 0.283. The second-order valence-electron chi connectivity index (χ2n) is 6.43. The number of aliphatic imine (C=N–C) groups is 1. The summed E-state index contributed by atoms with van der Waals surface area (Å²) >= 11 is 0. The van der Waals surface area contributed by atoms with E-state index < -0.39 is 6.36 Å². The molecule has 2 heterocycles. The lowest BCUT2D eigenvalue weighted by Gasteiger charge is -2.14. The smallest absolute Gasteiger partial charge is 0.405 e. The zero-order valence-electron chi connectivity index (χ0n) is 17.1. The third kappa shape index (κ3) is 6.20. The van der Waals surface area contributed by atoms with Gasteiger partial charge in [-0.05, 0) is 13.0 Å². The Kier molecular flexibility index (Phi) is 7.11. The average molecular weight is 436 g/mol. The van der Waals surface area contributed by atoms with Crippen LogP contribution >= 0.6 is 0 Å². The van der Waals surface area contributed by atoms with Gasteiger partial charge in [-0.3, -0.25) is 4.68 Å². The molecule has 3 N–H and O–H groups in total. The molecule has 0 saturated heterocycles. The molecule has 0 fully saturated rings. The fourth-order valence-electron chi connectivity index (χ4n) is 2.83. The van der Waals surface area contributed by atoms with Crippen molar-refractivity contribution in [3.05, 3.63) is 42.4 Å². The number of benzene rings is 1. The van der Waals surface area contributed by atoms with E-state index >= 15 is 0 Å². The van der Waals surface area contributed by atoms with Gasteiger partial charge in [0.25, 0.3) is 0 Å². The average Bonchev–Trinajstić information content (AvgIpc) is 3.11. The highest BCUT2D eigenvalue weighted by Gasteiger charge is 2.31. The lowest BCUT2D eigenvalue weighted by atomic mass is 10.2. The molecule has 31 heavy (non-hydrogen) atoms. The summed E-state index contributed by atoms with van der Waals surface area (Å²) in [5.41, 5.74) is 1.05. The number of guanidine groups is 1. The van der Waals surface area contributed by atoms with E-state index in [4.69, 9.17) is 0 Å². The number of fused-ring (bicyclic) bond motifs is 1. The van der Waals surface area contributed by atoms with Crippen molar-refractivity contribution in [2.75, 3.05) is 25.0 Å². The van der Waals surface area contributed by atoms with Crippen molar-refractivity contribution in [2.24, 2.45) is 12.0 Å². The standard InChI is InChI=1S/C19H23F3N8O/c1-3-23-18(26-10-13-6-4-5-7-15(13)31-19(20,21)22)25-9-8-24-16-14-11-29-30(2)17(14)28-12-27-16/h4-7,11-12H,3,8-10H2,1-2H3,(H2,23,25,26)(H,24,27,28). The maximum atomic E-state index is 12.6. The van der Waals surface area contributed by atoms with E-state index in [0.29, 0.717) is 37.0 Å². The Morgan fingerprint density at radius 2 is 1.97 bits per heavy atom. The SMILES string of the molecule is CCNC(=NCc1ccccc1OC(F)(F)F)NCCNc1ncnc2c1cnn2C. The molecule has 0 bridgehead atoms. The van der Waals surface area contributed by atoms with Crippen LogP contribution in [-0.4, -0.2) is 51.7 Å². The summed E-state index contributed by atoms with van der Waals surface area (Å²) in [5, 5.41) is 14.4. The van der Waals surface area contributed by atoms with Gasteiger partial charge in [-0.2, -0.15) is 5.10 Å². The second-order valence-corrected chi connectivity index (χ2v) is 6.43. The number of nitrogens with one attached hydrogen (secondary N) is 3. The van der Waals surface area contributed by atoms with Gasteiger partial charge in [0.2, 0.25) is 0 Å². The molecule has 0 aliphatic heterocycles. The Bertz CT molecular complexity index is 1030. The lowest BCUT2D eigenvalue weighted by Crippen LogP contribution is -2.39. The first-order chi connectivity index (χ1) is 14.9. The van der Waals surface area contributed by atoms with Crippen molar-refractivity contribution in [1.82, 2.24) is 30.4 Å². The Morgan fingerprint density at radius 1 is 1.16 bits per heavy atom. The van der Waals surface area contributed by atoms with Gasteiger partial charge in [0.05, 0.1) is 18.1 Å². The number of hydrogen-bond acceptors (Lipinski definition) is 6. The number of alkyl halides is 3. The van der Waals surface area contributed by atoms with Gasteiger partial charge >= 0.3 is 6.36 Å². The van der Waals surface area contributed by atoms with Crippen LogP contribution in [0.15, 0.2) is 41.8 Å². The van der Waals surface area contributed by atoms with Crippen molar-refractivity contribution in [3.63, 3.8) is 0 Å². The van der Waals surface area contributed by atoms with E-state index in [2.05, 4.69) is 40.7 Å². The lowest BCUT2D eigenvalue weighted by molar-refractivity contribution is -0.274. The fourth-order valence-corrected chi connectivity index (χ4v) is 2.83. The number of para-hydroxylation sites is 1. The second kappa shape index (κ2) is 9.96. The molecule has 0 saturated carbocycles. The Labute approximate surface area is 176 Å². The molecule has 0 spiro atoms. The first-order valence-corrected chi connectivity index (χ1v) is 9.60. The van der Waals surface area contributed by atoms with E-state index in [0.717, 1.165) is 11.0 Å². The maximum Gasteiger partial charge on any atom is 0.573 e. The molecule has 3 aromatic rings. The number of anilines is 1. The fraction of sp³-hybridized carbons (Fsp3) is 0.368. The van der Waals surface area contributed by atoms with Crippen LogP contribution in [0.4, 0.5) is 19.0 Å². The minimum absolute atomic E-state index is 0.0250. The Balaban J connectivity index is 1.58. The van der Waals surface area contributed by atoms with E-state index in [1.165, 1.54) is 18.5 Å². The topological polar surface area (TPSA) is 101 Å². The molecule has 0 atom stereocenters. The van der Waals surface area contributed by atoms with Crippen LogP contribution in [0.3, 0.4) is 0 Å². The Morgan fingerprint density at radius 3 is 2.74 bits per heavy atom. The number of halogens is 3. The van der Waals surface area contributed by atoms with E-state index in [1.807, 2.05) is 6.92 Å². The molecule has 2 aromatic heterocycles. The van der Waals surface area contributed by atoms with Crippen molar-refractivity contribution in [3.8, 4) is 5.75 Å². The Hall–Kier alpha value is -3.57. The first kappa shape index (κ1) is 22.1. The third-order valence-electron chi connectivity index (χ3n) is 4.19. The monoisotopic (exact) mass is 436 g/mol. The summed E-state index contributed by atoms with van der Waals surface area (Å²) < 4.78 is 43.5. The molecule has 0 radical (unpaired) electrons. The molecule has 12 heteroatoms. The van der Waals surface area contributed by atoms with Gasteiger partial charge in [0.1, 0.15) is 17.9 Å². The van der Waals surface area contributed by atoms with Crippen LogP contribution in [-0.2, 0) is 13.6 Å². The van der Waals surface area contributed by atoms with Gasteiger partial charge in [-0.25, -0.2) is 15.0 Å². The zero-order valence-corrected chi connectivity index (χ0v) is 17.1. The summed E-state index contributed by atoms with van der Waals surface area (Å²) in [6, 6.07) is 5.93. The number of nitrogens with zero attached hydrogens (tertiary/aromatic N) is 5. The van der Waals surface area contributed by atoms with E-state index in [1.54, 1.807) is 30.1 Å². The van der Waals surface area contributed by atoms with Crippen molar-refractivity contribution >= 4 is 22.8 Å². The predicted molar refractivity (Wildman–Crippen MR) is 111 cm³/mol. The minimum Gasteiger partial charge on any atom is -0.405 e. The molecular weight excluding hydrogens is 413 g/mol. The number of aromatic nitrogens is 4. The largest absolute Gasteiger partial charge is 0.573 e. The van der Waals surface area contributed by atoms with Crippen molar-refractivity contribution in [2.45, 2.75) is 19.8 Å². The minimum atomic E-state index is -4.76. The molecule has 0 aliphatic rings. The van der Waals surface area contributed by atoms with Crippen LogP contribution in [0.25, 0.3) is 11.0 Å². The number of aryl methyl sites for hydroxylation is 1. The summed E-state index contributed by atoms with van der Waals surface area (Å²) in [5.74, 6) is 0.876. The molecule has 0 unspecified atom stereocenters. The van der Waals surface area contributed by atoms with E-state index in [9.17, 15) is 13.2 Å². The van der Waals surface area contributed by atoms with Gasteiger partial charge in [0, 0.05) is 32.2 Å². The van der Waals surface area contributed by atoms with Crippen LogP contribution < -0.4 is 20.7 Å². The molecule has 9 nitrogen and oxygen atoms in total. The summed E-state index contributed by atoms with van der Waals surface area (Å²) in [4.78, 5) is 12.8. The van der Waals surface area contributed by atoms with Crippen LogP contribution in [0, 0.1) is 0 Å². The maximum absolute atomic E-state index is 12.6. The molecular formula is C19H23F3N8O. The molecule has 166 valence electrons. The number of rotatable bonds is 8. The first-order valence-electron chi connectivity index (χ1n) is 9.60. The molecule has 3 rings (SSSR count). The highest BCUT2D eigenvalue weighted by Crippen LogP contribution is 2.26.